The highest BCUT2D eigenvalue weighted by molar-refractivity contribution is 5.88. The number of fused-ring (bicyclic) bond motifs is 1. The molecule has 0 unspecified atom stereocenters. The Morgan fingerprint density at radius 1 is 0.955 bits per heavy atom. The van der Waals surface area contributed by atoms with E-state index < -0.39 is 0 Å². The Balaban J connectivity index is 2.23. The fourth-order valence-electron chi connectivity index (χ4n) is 2.36. The molecule has 2 nitrogen and oxygen atoms in total. The number of nitrogens with zero attached hydrogens (tertiary/aromatic N) is 1. The first-order chi connectivity index (χ1) is 10.4. The summed E-state index contributed by atoms with van der Waals surface area (Å²) in [6.07, 6.45) is 0. The summed E-state index contributed by atoms with van der Waals surface area (Å²) in [6, 6.07) is 16.2. The van der Waals surface area contributed by atoms with Crippen molar-refractivity contribution in [2.24, 2.45) is 0 Å². The van der Waals surface area contributed by atoms with Gasteiger partial charge in [0, 0.05) is 17.0 Å². The highest BCUT2D eigenvalue weighted by atomic mass is 19.1. The van der Waals surface area contributed by atoms with Crippen molar-refractivity contribution in [1.29, 1.82) is 0 Å². The number of benzene rings is 2. The maximum absolute atomic E-state index is 14.1. The molecule has 22 heavy (non-hydrogen) atoms. The van der Waals surface area contributed by atoms with Gasteiger partial charge < -0.3 is 4.74 Å². The van der Waals surface area contributed by atoms with Crippen molar-refractivity contribution in [1.82, 2.24) is 4.98 Å². The Morgan fingerprint density at radius 3 is 2.36 bits per heavy atom. The summed E-state index contributed by atoms with van der Waals surface area (Å²) in [5.41, 5.74) is 1.52. The molecule has 0 bridgehead atoms. The zero-order valence-corrected chi connectivity index (χ0v) is 12.9. The summed E-state index contributed by atoms with van der Waals surface area (Å²) in [5, 5.41) is 0.928. The van der Waals surface area contributed by atoms with Crippen LogP contribution in [0, 0.1) is 5.82 Å². The number of hydrogen-bond acceptors (Lipinski definition) is 2. The molecular formula is C19H18FNO. The van der Waals surface area contributed by atoms with E-state index in [4.69, 9.17) is 4.74 Å². The number of aromatic nitrogens is 1. The van der Waals surface area contributed by atoms with Crippen LogP contribution in [0.25, 0.3) is 22.2 Å². The van der Waals surface area contributed by atoms with E-state index in [1.807, 2.05) is 51.1 Å². The first kappa shape index (κ1) is 14.5. The van der Waals surface area contributed by atoms with Crippen LogP contribution in [0.5, 0.6) is 5.75 Å². The lowest BCUT2D eigenvalue weighted by molar-refractivity contribution is 0.133. The Hall–Kier alpha value is -2.42. The highest BCUT2D eigenvalue weighted by Gasteiger charge is 2.16. The van der Waals surface area contributed by atoms with Gasteiger partial charge in [0.2, 0.25) is 0 Å². The first-order valence-electron chi connectivity index (χ1n) is 7.28. The lowest BCUT2D eigenvalue weighted by Crippen LogP contribution is -2.23. The molecular weight excluding hydrogens is 277 g/mol. The predicted molar refractivity (Wildman–Crippen MR) is 87.5 cm³/mol. The highest BCUT2D eigenvalue weighted by Crippen LogP contribution is 2.32. The minimum atomic E-state index is -0.337. The van der Waals surface area contributed by atoms with Crippen LogP contribution in [0.1, 0.15) is 20.8 Å². The smallest absolute Gasteiger partial charge is 0.132 e. The topological polar surface area (TPSA) is 22.1 Å². The Morgan fingerprint density at radius 2 is 1.64 bits per heavy atom. The lowest BCUT2D eigenvalue weighted by Gasteiger charge is -2.23. The van der Waals surface area contributed by atoms with Gasteiger partial charge in [0.1, 0.15) is 17.2 Å². The van der Waals surface area contributed by atoms with Crippen molar-refractivity contribution in [2.75, 3.05) is 0 Å². The van der Waals surface area contributed by atoms with Gasteiger partial charge in [-0.25, -0.2) is 9.37 Å². The molecule has 0 aliphatic heterocycles. The van der Waals surface area contributed by atoms with Gasteiger partial charge in [0.05, 0.1) is 11.2 Å². The third kappa shape index (κ3) is 2.93. The van der Waals surface area contributed by atoms with E-state index >= 15 is 0 Å². The van der Waals surface area contributed by atoms with Gasteiger partial charge in [-0.1, -0.05) is 24.3 Å². The summed E-state index contributed by atoms with van der Waals surface area (Å²) in [5.74, 6) is 0.434. The van der Waals surface area contributed by atoms with E-state index in [9.17, 15) is 4.39 Å². The van der Waals surface area contributed by atoms with Crippen molar-refractivity contribution in [3.8, 4) is 17.0 Å². The third-order valence-corrected chi connectivity index (χ3v) is 3.24. The fourth-order valence-corrected chi connectivity index (χ4v) is 2.36. The molecule has 3 heteroatoms. The normalized spacial score (nSPS) is 11.6. The Labute approximate surface area is 129 Å². The van der Waals surface area contributed by atoms with Crippen LogP contribution in [0.3, 0.4) is 0 Å². The van der Waals surface area contributed by atoms with Crippen molar-refractivity contribution < 1.29 is 9.13 Å². The minimum absolute atomic E-state index is 0.285. The predicted octanol–water partition coefficient (Wildman–Crippen LogP) is 5.22. The van der Waals surface area contributed by atoms with Crippen LogP contribution in [0.4, 0.5) is 4.39 Å². The number of rotatable bonds is 2. The van der Waals surface area contributed by atoms with Gasteiger partial charge in [-0.2, -0.15) is 0 Å². The van der Waals surface area contributed by atoms with Crippen LogP contribution in [-0.2, 0) is 0 Å². The van der Waals surface area contributed by atoms with E-state index in [0.29, 0.717) is 11.3 Å². The molecule has 0 spiro atoms. The van der Waals surface area contributed by atoms with E-state index in [2.05, 4.69) is 4.98 Å². The second-order valence-electron chi connectivity index (χ2n) is 6.22. The largest absolute Gasteiger partial charge is 0.487 e. The maximum Gasteiger partial charge on any atom is 0.132 e. The molecule has 0 saturated carbocycles. The van der Waals surface area contributed by atoms with E-state index in [0.717, 1.165) is 16.7 Å². The van der Waals surface area contributed by atoms with Crippen molar-refractivity contribution in [2.45, 2.75) is 26.4 Å². The molecule has 0 atom stereocenters. The van der Waals surface area contributed by atoms with Crippen molar-refractivity contribution in [3.05, 3.63) is 60.4 Å². The molecule has 3 aromatic rings. The molecule has 2 aromatic carbocycles. The summed E-state index contributed by atoms with van der Waals surface area (Å²) >= 11 is 0. The number of hydrogen-bond donors (Lipinski definition) is 0. The second-order valence-corrected chi connectivity index (χ2v) is 6.22. The molecule has 0 aliphatic carbocycles. The molecule has 112 valence electrons. The van der Waals surface area contributed by atoms with Gasteiger partial charge in [0.15, 0.2) is 0 Å². The summed E-state index contributed by atoms with van der Waals surface area (Å²) < 4.78 is 20.1. The van der Waals surface area contributed by atoms with E-state index in [1.165, 1.54) is 6.07 Å². The van der Waals surface area contributed by atoms with Crippen LogP contribution in [-0.4, -0.2) is 10.6 Å². The van der Waals surface area contributed by atoms with Crippen molar-refractivity contribution >= 4 is 10.9 Å². The van der Waals surface area contributed by atoms with Gasteiger partial charge in [0.25, 0.3) is 0 Å². The molecule has 0 aliphatic rings. The van der Waals surface area contributed by atoms with Crippen LogP contribution < -0.4 is 4.74 Å². The average Bonchev–Trinajstić information content (AvgIpc) is 2.46. The summed E-state index contributed by atoms with van der Waals surface area (Å²) in [7, 11) is 0. The van der Waals surface area contributed by atoms with E-state index in [1.54, 1.807) is 18.2 Å². The van der Waals surface area contributed by atoms with Crippen molar-refractivity contribution in [3.63, 3.8) is 0 Å². The molecule has 0 amide bonds. The number of pyridine rings is 1. The quantitative estimate of drug-likeness (QED) is 0.646. The molecule has 1 aromatic heterocycles. The molecule has 0 radical (unpaired) electrons. The van der Waals surface area contributed by atoms with Gasteiger partial charge in [-0.15, -0.1) is 0 Å². The molecule has 3 rings (SSSR count). The number of ether oxygens (including phenoxy) is 1. The standard InChI is InChI=1S/C19H18FNO/c1-19(2,3)22-18-12-17(13-8-4-6-10-15(13)20)21-16-11-7-5-9-14(16)18/h4-12H,1-3H3. The Bertz CT molecular complexity index is 821. The summed E-state index contributed by atoms with van der Waals surface area (Å²) in [4.78, 5) is 4.58. The monoisotopic (exact) mass is 295 g/mol. The molecule has 1 heterocycles. The maximum atomic E-state index is 14.1. The zero-order chi connectivity index (χ0) is 15.7. The number of halogens is 1. The average molecular weight is 295 g/mol. The van der Waals surface area contributed by atoms with Gasteiger partial charge in [-0.3, -0.25) is 0 Å². The van der Waals surface area contributed by atoms with E-state index in [-0.39, 0.29) is 11.4 Å². The van der Waals surface area contributed by atoms with Crippen LogP contribution in [0.2, 0.25) is 0 Å². The second kappa shape index (κ2) is 5.41. The van der Waals surface area contributed by atoms with Gasteiger partial charge >= 0.3 is 0 Å². The zero-order valence-electron chi connectivity index (χ0n) is 12.9. The van der Waals surface area contributed by atoms with Crippen LogP contribution in [0.15, 0.2) is 54.6 Å². The first-order valence-corrected chi connectivity index (χ1v) is 7.28. The lowest BCUT2D eigenvalue weighted by atomic mass is 10.1. The minimum Gasteiger partial charge on any atom is -0.487 e. The molecule has 0 N–H and O–H groups in total. The number of para-hydroxylation sites is 1. The Kier molecular flexibility index (Phi) is 3.57. The van der Waals surface area contributed by atoms with Gasteiger partial charge in [-0.05, 0) is 45.0 Å². The van der Waals surface area contributed by atoms with Crippen LogP contribution >= 0.6 is 0 Å². The fraction of sp³-hybridized carbons (Fsp3) is 0.211. The molecule has 0 fully saturated rings. The SMILES string of the molecule is CC(C)(C)Oc1cc(-c2ccccc2F)nc2ccccc12. The third-order valence-electron chi connectivity index (χ3n) is 3.24. The summed E-state index contributed by atoms with van der Waals surface area (Å²) in [6.45, 7) is 5.97. The molecule has 0 saturated heterocycles.